The molecule has 1 amide bonds. The molecule has 7 nitrogen and oxygen atoms in total. The van der Waals surface area contributed by atoms with Crippen molar-refractivity contribution >= 4 is 22.9 Å². The smallest absolute Gasteiger partial charge is 0.305 e. The molecule has 1 unspecified atom stereocenters. The van der Waals surface area contributed by atoms with E-state index in [9.17, 15) is 9.59 Å². The van der Waals surface area contributed by atoms with E-state index in [0.717, 1.165) is 22.5 Å². The topological polar surface area (TPSA) is 84.7 Å². The number of carboxylic acid groups (broad SMARTS) is 1. The van der Waals surface area contributed by atoms with Crippen LogP contribution in [-0.2, 0) is 9.53 Å². The van der Waals surface area contributed by atoms with Crippen molar-refractivity contribution < 1.29 is 19.4 Å². The lowest BCUT2D eigenvalue weighted by atomic mass is 10.1. The fourth-order valence-electron chi connectivity index (χ4n) is 3.70. The number of rotatable bonds is 4. The van der Waals surface area contributed by atoms with Crippen LogP contribution < -0.4 is 0 Å². The number of carbonyl (C=O) groups excluding carboxylic acids is 1. The van der Waals surface area contributed by atoms with Gasteiger partial charge in [-0.3, -0.25) is 14.2 Å². The lowest BCUT2D eigenvalue weighted by Gasteiger charge is -2.34. The lowest BCUT2D eigenvalue weighted by molar-refractivity contribution is -0.139. The summed E-state index contributed by atoms with van der Waals surface area (Å²) in [6.07, 6.45) is -0.129. The Labute approximate surface area is 162 Å². The Kier molecular flexibility index (Phi) is 4.83. The molecular formula is C21H21N3O4. The SMILES string of the molecule is Cc1nc2cc(C(=O)N3CCOCC3CC(=O)O)ccc2n1-c1ccccc1. The number of ether oxygens (including phenoxy) is 1. The van der Waals surface area contributed by atoms with Gasteiger partial charge in [-0.05, 0) is 37.3 Å². The van der Waals surface area contributed by atoms with Gasteiger partial charge in [0.05, 0.1) is 36.7 Å². The Morgan fingerprint density at radius 2 is 2.00 bits per heavy atom. The van der Waals surface area contributed by atoms with Crippen LogP contribution in [0.1, 0.15) is 22.6 Å². The predicted molar refractivity (Wildman–Crippen MR) is 104 cm³/mol. The molecule has 1 saturated heterocycles. The molecule has 144 valence electrons. The molecule has 0 saturated carbocycles. The third kappa shape index (κ3) is 3.36. The van der Waals surface area contributed by atoms with E-state index in [1.165, 1.54) is 0 Å². The zero-order chi connectivity index (χ0) is 19.7. The summed E-state index contributed by atoms with van der Waals surface area (Å²) in [5.41, 5.74) is 3.17. The first-order valence-electron chi connectivity index (χ1n) is 9.19. The van der Waals surface area contributed by atoms with Crippen LogP contribution in [0.4, 0.5) is 0 Å². The Morgan fingerprint density at radius 3 is 2.75 bits per heavy atom. The highest BCUT2D eigenvalue weighted by molar-refractivity contribution is 5.98. The second-order valence-electron chi connectivity index (χ2n) is 6.86. The lowest BCUT2D eigenvalue weighted by Crippen LogP contribution is -2.49. The molecule has 0 radical (unpaired) electrons. The Hall–Kier alpha value is -3.19. The second-order valence-corrected chi connectivity index (χ2v) is 6.86. The van der Waals surface area contributed by atoms with Gasteiger partial charge in [0, 0.05) is 17.8 Å². The number of aliphatic carboxylic acids is 1. The van der Waals surface area contributed by atoms with Crippen LogP contribution in [0, 0.1) is 6.92 Å². The van der Waals surface area contributed by atoms with Crippen molar-refractivity contribution in [1.82, 2.24) is 14.5 Å². The average Bonchev–Trinajstić information content (AvgIpc) is 3.03. The molecule has 7 heteroatoms. The van der Waals surface area contributed by atoms with Gasteiger partial charge >= 0.3 is 5.97 Å². The standard InChI is InChI=1S/C21H21N3O4/c1-14-22-18-11-15(7-8-19(18)24(14)16-5-3-2-4-6-16)21(27)23-9-10-28-13-17(23)12-20(25)26/h2-8,11,17H,9-10,12-13H2,1H3,(H,25,26). The van der Waals surface area contributed by atoms with Gasteiger partial charge in [0.25, 0.3) is 5.91 Å². The summed E-state index contributed by atoms with van der Waals surface area (Å²) in [4.78, 5) is 30.4. The van der Waals surface area contributed by atoms with Crippen LogP contribution >= 0.6 is 0 Å². The molecule has 2 aromatic carbocycles. The molecule has 4 rings (SSSR count). The Balaban J connectivity index is 1.68. The van der Waals surface area contributed by atoms with Gasteiger partial charge in [0.15, 0.2) is 0 Å². The van der Waals surface area contributed by atoms with Gasteiger partial charge in [0.2, 0.25) is 0 Å². The summed E-state index contributed by atoms with van der Waals surface area (Å²) in [5.74, 6) is -0.301. The van der Waals surface area contributed by atoms with Gasteiger partial charge in [0.1, 0.15) is 5.82 Å². The first kappa shape index (κ1) is 18.2. The minimum absolute atomic E-state index is 0.129. The summed E-state index contributed by atoms with van der Waals surface area (Å²) in [7, 11) is 0. The molecule has 2 heterocycles. The van der Waals surface area contributed by atoms with Gasteiger partial charge in [-0.15, -0.1) is 0 Å². The third-order valence-corrected chi connectivity index (χ3v) is 4.98. The Bertz CT molecular complexity index is 1030. The maximum Gasteiger partial charge on any atom is 0.305 e. The van der Waals surface area contributed by atoms with E-state index in [2.05, 4.69) is 4.98 Å². The number of fused-ring (bicyclic) bond motifs is 1. The van der Waals surface area contributed by atoms with E-state index in [0.29, 0.717) is 18.7 Å². The highest BCUT2D eigenvalue weighted by Crippen LogP contribution is 2.24. The zero-order valence-electron chi connectivity index (χ0n) is 15.5. The summed E-state index contributed by atoms with van der Waals surface area (Å²) in [6, 6.07) is 14.9. The van der Waals surface area contributed by atoms with Crippen molar-refractivity contribution in [2.45, 2.75) is 19.4 Å². The third-order valence-electron chi connectivity index (χ3n) is 4.98. The number of amides is 1. The van der Waals surface area contributed by atoms with E-state index >= 15 is 0 Å². The number of carbonyl (C=O) groups is 2. The number of para-hydroxylation sites is 1. The Morgan fingerprint density at radius 1 is 1.21 bits per heavy atom. The number of carboxylic acids is 1. The molecule has 1 aromatic heterocycles. The summed E-state index contributed by atoms with van der Waals surface area (Å²) >= 11 is 0. The summed E-state index contributed by atoms with van der Waals surface area (Å²) in [6.45, 7) is 2.96. The summed E-state index contributed by atoms with van der Waals surface area (Å²) in [5, 5.41) is 9.11. The van der Waals surface area contributed by atoms with E-state index in [1.807, 2.05) is 47.9 Å². The van der Waals surface area contributed by atoms with Crippen LogP contribution in [-0.4, -0.2) is 57.2 Å². The van der Waals surface area contributed by atoms with Crippen LogP contribution in [0.25, 0.3) is 16.7 Å². The maximum absolute atomic E-state index is 13.0. The minimum atomic E-state index is -0.944. The highest BCUT2D eigenvalue weighted by Gasteiger charge is 2.30. The largest absolute Gasteiger partial charge is 0.481 e. The number of aromatic nitrogens is 2. The van der Waals surface area contributed by atoms with Gasteiger partial charge in [-0.2, -0.15) is 0 Å². The first-order valence-corrected chi connectivity index (χ1v) is 9.19. The molecule has 1 aliphatic rings. The van der Waals surface area contributed by atoms with Crippen LogP contribution in [0.2, 0.25) is 0 Å². The molecule has 1 aliphatic heterocycles. The van der Waals surface area contributed by atoms with Crippen LogP contribution in [0.5, 0.6) is 0 Å². The number of morpholine rings is 1. The summed E-state index contributed by atoms with van der Waals surface area (Å²) < 4.78 is 7.41. The predicted octanol–water partition coefficient (Wildman–Crippen LogP) is 2.65. The highest BCUT2D eigenvalue weighted by atomic mass is 16.5. The van der Waals surface area contributed by atoms with Gasteiger partial charge in [-0.1, -0.05) is 18.2 Å². The quantitative estimate of drug-likeness (QED) is 0.753. The molecule has 28 heavy (non-hydrogen) atoms. The van der Waals surface area contributed by atoms with E-state index in [-0.39, 0.29) is 18.9 Å². The monoisotopic (exact) mass is 379 g/mol. The van der Waals surface area contributed by atoms with Gasteiger partial charge < -0.3 is 14.7 Å². The molecule has 3 aromatic rings. The van der Waals surface area contributed by atoms with Crippen LogP contribution in [0.15, 0.2) is 48.5 Å². The van der Waals surface area contributed by atoms with Crippen molar-refractivity contribution in [2.24, 2.45) is 0 Å². The maximum atomic E-state index is 13.0. The molecule has 0 spiro atoms. The molecular weight excluding hydrogens is 358 g/mol. The number of benzene rings is 2. The van der Waals surface area contributed by atoms with Crippen molar-refractivity contribution in [2.75, 3.05) is 19.8 Å². The van der Waals surface area contributed by atoms with E-state index < -0.39 is 12.0 Å². The first-order chi connectivity index (χ1) is 13.5. The van der Waals surface area contributed by atoms with Crippen molar-refractivity contribution in [3.8, 4) is 5.69 Å². The van der Waals surface area contributed by atoms with Crippen molar-refractivity contribution in [1.29, 1.82) is 0 Å². The van der Waals surface area contributed by atoms with Crippen LogP contribution in [0.3, 0.4) is 0 Å². The van der Waals surface area contributed by atoms with Crippen molar-refractivity contribution in [3.63, 3.8) is 0 Å². The molecule has 1 N–H and O–H groups in total. The number of hydrogen-bond donors (Lipinski definition) is 1. The van der Waals surface area contributed by atoms with Crippen molar-refractivity contribution in [3.05, 3.63) is 59.9 Å². The average molecular weight is 379 g/mol. The van der Waals surface area contributed by atoms with Gasteiger partial charge in [-0.25, -0.2) is 4.98 Å². The molecule has 1 fully saturated rings. The normalized spacial score (nSPS) is 17.0. The number of nitrogens with zero attached hydrogens (tertiary/aromatic N) is 3. The molecule has 0 bridgehead atoms. The second kappa shape index (κ2) is 7.44. The van der Waals surface area contributed by atoms with E-state index in [1.54, 1.807) is 17.0 Å². The number of hydrogen-bond acceptors (Lipinski definition) is 4. The zero-order valence-corrected chi connectivity index (χ0v) is 15.5. The molecule has 1 atom stereocenters. The molecule has 0 aliphatic carbocycles. The number of imidazole rings is 1. The minimum Gasteiger partial charge on any atom is -0.481 e. The van der Waals surface area contributed by atoms with E-state index in [4.69, 9.17) is 9.84 Å². The fraction of sp³-hybridized carbons (Fsp3) is 0.286. The fourth-order valence-corrected chi connectivity index (χ4v) is 3.70. The number of aryl methyl sites for hydroxylation is 1.